The van der Waals surface area contributed by atoms with Crippen molar-refractivity contribution >= 4 is 33.2 Å². The maximum atomic E-state index is 13.6. The van der Waals surface area contributed by atoms with Gasteiger partial charge in [-0.25, -0.2) is 4.39 Å². The summed E-state index contributed by atoms with van der Waals surface area (Å²) >= 11 is 9.03. The number of rotatable bonds is 3. The fourth-order valence-electron chi connectivity index (χ4n) is 1.43. The molecule has 2 aromatic rings. The maximum absolute atomic E-state index is 13.6. The van der Waals surface area contributed by atoms with Gasteiger partial charge in [0.2, 0.25) is 0 Å². The molecule has 0 aliphatic heterocycles. The summed E-state index contributed by atoms with van der Waals surface area (Å²) in [5.41, 5.74) is 6.66. The molecule has 0 aromatic heterocycles. The number of nitrogens with two attached hydrogens (primary N) is 1. The van der Waals surface area contributed by atoms with Crippen LogP contribution in [0.2, 0.25) is 5.02 Å². The first-order valence-electron chi connectivity index (χ1n) is 5.18. The lowest BCUT2D eigenvalue weighted by Gasteiger charge is -2.10. The van der Waals surface area contributed by atoms with E-state index < -0.39 is 0 Å². The molecule has 0 saturated heterocycles. The van der Waals surface area contributed by atoms with E-state index in [1.165, 1.54) is 6.07 Å². The van der Waals surface area contributed by atoms with Crippen molar-refractivity contribution in [2.24, 2.45) is 0 Å². The monoisotopic (exact) mass is 329 g/mol. The number of nitrogen functional groups attached to an aromatic ring is 1. The molecule has 0 amide bonds. The van der Waals surface area contributed by atoms with Crippen LogP contribution in [0.4, 0.5) is 10.1 Å². The Hall–Kier alpha value is -1.26. The van der Waals surface area contributed by atoms with Crippen LogP contribution in [0, 0.1) is 5.82 Å². The van der Waals surface area contributed by atoms with Crippen LogP contribution in [0.25, 0.3) is 0 Å². The second-order valence-corrected chi connectivity index (χ2v) is 5.06. The van der Waals surface area contributed by atoms with Gasteiger partial charge in [0.25, 0.3) is 0 Å². The van der Waals surface area contributed by atoms with E-state index in [0.717, 1.165) is 0 Å². The Bertz CT molecular complexity index is 577. The van der Waals surface area contributed by atoms with Crippen LogP contribution in [-0.4, -0.2) is 0 Å². The first kappa shape index (κ1) is 13.2. The molecule has 0 atom stereocenters. The molecule has 2 nitrogen and oxygen atoms in total. The highest BCUT2D eigenvalue weighted by Gasteiger charge is 2.06. The van der Waals surface area contributed by atoms with Crippen molar-refractivity contribution in [3.8, 4) is 5.75 Å². The van der Waals surface area contributed by atoms with E-state index in [4.69, 9.17) is 22.1 Å². The van der Waals surface area contributed by atoms with Gasteiger partial charge in [-0.3, -0.25) is 0 Å². The molecule has 2 N–H and O–H groups in total. The van der Waals surface area contributed by atoms with Gasteiger partial charge < -0.3 is 10.5 Å². The first-order valence-corrected chi connectivity index (χ1v) is 6.35. The van der Waals surface area contributed by atoms with E-state index in [9.17, 15) is 4.39 Å². The second-order valence-electron chi connectivity index (χ2n) is 3.71. The van der Waals surface area contributed by atoms with Crippen LogP contribution in [0.3, 0.4) is 0 Å². The SMILES string of the molecule is Nc1ccc(Cl)cc1OCc1ccc(Br)cc1F. The van der Waals surface area contributed by atoms with Crippen molar-refractivity contribution in [2.45, 2.75) is 6.61 Å². The van der Waals surface area contributed by atoms with Crippen LogP contribution < -0.4 is 10.5 Å². The summed E-state index contributed by atoms with van der Waals surface area (Å²) in [5.74, 6) is 0.120. The minimum atomic E-state index is -0.329. The Balaban J connectivity index is 2.13. The highest BCUT2D eigenvalue weighted by molar-refractivity contribution is 9.10. The molecule has 0 unspecified atom stereocenters. The maximum Gasteiger partial charge on any atom is 0.144 e. The van der Waals surface area contributed by atoms with Gasteiger partial charge in [-0.15, -0.1) is 0 Å². The Kier molecular flexibility index (Phi) is 4.09. The van der Waals surface area contributed by atoms with Crippen LogP contribution in [0.15, 0.2) is 40.9 Å². The number of hydrogen-bond acceptors (Lipinski definition) is 2. The van der Waals surface area contributed by atoms with E-state index in [1.807, 2.05) is 0 Å². The van der Waals surface area contributed by atoms with E-state index in [-0.39, 0.29) is 12.4 Å². The molecule has 0 spiro atoms. The van der Waals surface area contributed by atoms with Crippen LogP contribution >= 0.6 is 27.5 Å². The number of ether oxygens (including phenoxy) is 1. The van der Waals surface area contributed by atoms with Crippen molar-refractivity contribution in [2.75, 3.05) is 5.73 Å². The van der Waals surface area contributed by atoms with Crippen molar-refractivity contribution in [1.29, 1.82) is 0 Å². The summed E-state index contributed by atoms with van der Waals surface area (Å²) in [6.07, 6.45) is 0. The fraction of sp³-hybridized carbons (Fsp3) is 0.0769. The molecule has 0 heterocycles. The lowest BCUT2D eigenvalue weighted by molar-refractivity contribution is 0.301. The minimum absolute atomic E-state index is 0.101. The molecule has 0 aliphatic rings. The molecule has 0 fully saturated rings. The summed E-state index contributed by atoms with van der Waals surface area (Å²) in [6.45, 7) is 0.101. The number of anilines is 1. The number of halogens is 3. The van der Waals surface area contributed by atoms with Gasteiger partial charge in [-0.2, -0.15) is 0 Å². The summed E-state index contributed by atoms with van der Waals surface area (Å²) in [5, 5.41) is 0.524. The van der Waals surface area contributed by atoms with Gasteiger partial charge >= 0.3 is 0 Å². The normalized spacial score (nSPS) is 10.4. The lowest BCUT2D eigenvalue weighted by Crippen LogP contribution is -2.00. The third-order valence-corrected chi connectivity index (χ3v) is 3.10. The van der Waals surface area contributed by atoms with E-state index in [2.05, 4.69) is 15.9 Å². The predicted octanol–water partition coefficient (Wildman–Crippen LogP) is 4.40. The quantitative estimate of drug-likeness (QED) is 0.846. The highest BCUT2D eigenvalue weighted by Crippen LogP contribution is 2.26. The molecular formula is C13H10BrClFNO. The standard InChI is InChI=1S/C13H10BrClFNO/c14-9-2-1-8(11(16)5-9)7-18-13-6-10(15)3-4-12(13)17/h1-6H,7,17H2. The average molecular weight is 331 g/mol. The first-order chi connectivity index (χ1) is 8.56. The van der Waals surface area contributed by atoms with Gasteiger partial charge in [0.1, 0.15) is 18.2 Å². The zero-order valence-electron chi connectivity index (χ0n) is 9.29. The summed E-state index contributed by atoms with van der Waals surface area (Å²) in [6, 6.07) is 9.72. The van der Waals surface area contributed by atoms with Crippen molar-refractivity contribution in [3.05, 3.63) is 57.3 Å². The van der Waals surface area contributed by atoms with Crippen LogP contribution in [-0.2, 0) is 6.61 Å². The van der Waals surface area contributed by atoms with E-state index in [0.29, 0.717) is 26.5 Å². The van der Waals surface area contributed by atoms with Crippen molar-refractivity contribution < 1.29 is 9.13 Å². The number of benzene rings is 2. The third kappa shape index (κ3) is 3.15. The van der Waals surface area contributed by atoms with Gasteiger partial charge in [0.05, 0.1) is 5.69 Å². The Morgan fingerprint density at radius 2 is 2.00 bits per heavy atom. The minimum Gasteiger partial charge on any atom is -0.487 e. The van der Waals surface area contributed by atoms with Crippen LogP contribution in [0.5, 0.6) is 5.75 Å². The van der Waals surface area contributed by atoms with E-state index >= 15 is 0 Å². The van der Waals surface area contributed by atoms with Crippen molar-refractivity contribution in [3.63, 3.8) is 0 Å². The Labute approximate surface area is 118 Å². The summed E-state index contributed by atoms with van der Waals surface area (Å²) in [4.78, 5) is 0. The third-order valence-electron chi connectivity index (χ3n) is 2.37. The molecule has 94 valence electrons. The smallest absolute Gasteiger partial charge is 0.144 e. The molecule has 5 heteroatoms. The largest absolute Gasteiger partial charge is 0.487 e. The fourth-order valence-corrected chi connectivity index (χ4v) is 1.92. The zero-order chi connectivity index (χ0) is 13.1. The van der Waals surface area contributed by atoms with Gasteiger partial charge in [-0.1, -0.05) is 33.6 Å². The summed E-state index contributed by atoms with van der Waals surface area (Å²) in [7, 11) is 0. The Morgan fingerprint density at radius 1 is 1.22 bits per heavy atom. The molecule has 0 aliphatic carbocycles. The highest BCUT2D eigenvalue weighted by atomic mass is 79.9. The molecule has 18 heavy (non-hydrogen) atoms. The predicted molar refractivity (Wildman–Crippen MR) is 74.3 cm³/mol. The average Bonchev–Trinajstić information content (AvgIpc) is 2.32. The molecule has 2 rings (SSSR count). The molecule has 0 radical (unpaired) electrons. The zero-order valence-corrected chi connectivity index (χ0v) is 11.6. The number of hydrogen-bond donors (Lipinski definition) is 1. The van der Waals surface area contributed by atoms with Gasteiger partial charge in [0.15, 0.2) is 0 Å². The van der Waals surface area contributed by atoms with Crippen molar-refractivity contribution in [1.82, 2.24) is 0 Å². The molecule has 0 bridgehead atoms. The second kappa shape index (κ2) is 5.59. The summed E-state index contributed by atoms with van der Waals surface area (Å²) < 4.78 is 19.7. The molecular weight excluding hydrogens is 321 g/mol. The lowest BCUT2D eigenvalue weighted by atomic mass is 10.2. The molecule has 2 aromatic carbocycles. The Morgan fingerprint density at radius 3 is 2.72 bits per heavy atom. The van der Waals surface area contributed by atoms with Gasteiger partial charge in [0, 0.05) is 21.1 Å². The topological polar surface area (TPSA) is 35.2 Å². The van der Waals surface area contributed by atoms with Crippen LogP contribution in [0.1, 0.15) is 5.56 Å². The molecule has 0 saturated carbocycles. The van der Waals surface area contributed by atoms with Gasteiger partial charge in [-0.05, 0) is 24.3 Å². The van der Waals surface area contributed by atoms with E-state index in [1.54, 1.807) is 30.3 Å².